The molecule has 0 aliphatic rings. The van der Waals surface area contributed by atoms with Gasteiger partial charge in [-0.15, -0.1) is 0 Å². The zero-order chi connectivity index (χ0) is 17.4. The lowest BCUT2D eigenvalue weighted by Gasteiger charge is -2.09. The van der Waals surface area contributed by atoms with Crippen LogP contribution >= 0.6 is 0 Å². The van der Waals surface area contributed by atoms with E-state index in [0.717, 1.165) is 29.8 Å². The SMILES string of the molecule is CCCCCCCCc1c(C(=O)O)cc[n+](-c2ccccc2)c1C. The first-order valence-electron chi connectivity index (χ1n) is 8.98. The molecule has 0 atom stereocenters. The molecule has 24 heavy (non-hydrogen) atoms. The summed E-state index contributed by atoms with van der Waals surface area (Å²) < 4.78 is 2.08. The number of nitrogens with zero attached hydrogens (tertiary/aromatic N) is 1. The van der Waals surface area contributed by atoms with E-state index in [1.54, 1.807) is 6.07 Å². The van der Waals surface area contributed by atoms with Gasteiger partial charge in [-0.3, -0.25) is 0 Å². The van der Waals surface area contributed by atoms with Crippen LogP contribution in [0.4, 0.5) is 0 Å². The summed E-state index contributed by atoms with van der Waals surface area (Å²) in [6, 6.07) is 11.8. The molecule has 3 heteroatoms. The third-order valence-electron chi connectivity index (χ3n) is 4.56. The van der Waals surface area contributed by atoms with E-state index in [-0.39, 0.29) is 0 Å². The summed E-state index contributed by atoms with van der Waals surface area (Å²) in [6.45, 7) is 4.24. The van der Waals surface area contributed by atoms with Crippen LogP contribution in [0.5, 0.6) is 0 Å². The number of carboxylic acid groups (broad SMARTS) is 1. The zero-order valence-corrected chi connectivity index (χ0v) is 14.8. The molecule has 0 aliphatic heterocycles. The highest BCUT2D eigenvalue weighted by atomic mass is 16.4. The van der Waals surface area contributed by atoms with Crippen molar-refractivity contribution in [1.29, 1.82) is 0 Å². The summed E-state index contributed by atoms with van der Waals surface area (Å²) in [6.07, 6.45) is 9.95. The number of rotatable bonds is 9. The van der Waals surface area contributed by atoms with Gasteiger partial charge in [0.1, 0.15) is 0 Å². The van der Waals surface area contributed by atoms with Gasteiger partial charge in [0.05, 0.1) is 5.56 Å². The Morgan fingerprint density at radius 3 is 2.33 bits per heavy atom. The van der Waals surface area contributed by atoms with Gasteiger partial charge in [-0.05, 0) is 12.8 Å². The Morgan fingerprint density at radius 2 is 1.67 bits per heavy atom. The molecule has 1 N–H and O–H groups in total. The quantitative estimate of drug-likeness (QED) is 0.527. The molecule has 2 aromatic rings. The molecule has 0 radical (unpaired) electrons. The van der Waals surface area contributed by atoms with Crippen molar-refractivity contribution in [2.24, 2.45) is 0 Å². The number of carbonyl (C=O) groups is 1. The summed E-state index contributed by atoms with van der Waals surface area (Å²) in [5.41, 5.74) is 3.49. The van der Waals surface area contributed by atoms with Crippen LogP contribution in [-0.2, 0) is 6.42 Å². The fourth-order valence-electron chi connectivity index (χ4n) is 3.17. The number of aromatic carboxylic acids is 1. The van der Waals surface area contributed by atoms with Crippen molar-refractivity contribution in [2.45, 2.75) is 58.8 Å². The summed E-state index contributed by atoms with van der Waals surface area (Å²) in [5.74, 6) is -0.834. The fourth-order valence-corrected chi connectivity index (χ4v) is 3.17. The molecule has 0 saturated heterocycles. The third-order valence-corrected chi connectivity index (χ3v) is 4.56. The van der Waals surface area contributed by atoms with Gasteiger partial charge in [-0.1, -0.05) is 57.2 Å². The molecule has 0 fully saturated rings. The average Bonchev–Trinajstić information content (AvgIpc) is 2.59. The van der Waals surface area contributed by atoms with Gasteiger partial charge in [0.15, 0.2) is 11.9 Å². The molecule has 0 bridgehead atoms. The van der Waals surface area contributed by atoms with Gasteiger partial charge in [0.2, 0.25) is 5.69 Å². The number of carboxylic acids is 1. The van der Waals surface area contributed by atoms with E-state index in [9.17, 15) is 9.90 Å². The maximum atomic E-state index is 11.6. The molecule has 1 aromatic carbocycles. The van der Waals surface area contributed by atoms with Gasteiger partial charge >= 0.3 is 5.97 Å². The monoisotopic (exact) mass is 326 g/mol. The number of benzene rings is 1. The normalized spacial score (nSPS) is 10.8. The van der Waals surface area contributed by atoms with Crippen molar-refractivity contribution in [1.82, 2.24) is 0 Å². The van der Waals surface area contributed by atoms with Gasteiger partial charge in [0, 0.05) is 30.7 Å². The zero-order valence-electron chi connectivity index (χ0n) is 14.8. The predicted molar refractivity (Wildman–Crippen MR) is 96.8 cm³/mol. The van der Waals surface area contributed by atoms with E-state index in [2.05, 4.69) is 11.5 Å². The number of hydrogen-bond acceptors (Lipinski definition) is 1. The second-order valence-corrected chi connectivity index (χ2v) is 6.32. The van der Waals surface area contributed by atoms with Gasteiger partial charge < -0.3 is 5.11 Å². The predicted octanol–water partition coefficient (Wildman–Crippen LogP) is 4.87. The van der Waals surface area contributed by atoms with Crippen molar-refractivity contribution < 1.29 is 14.5 Å². The first-order valence-corrected chi connectivity index (χ1v) is 8.98. The smallest absolute Gasteiger partial charge is 0.336 e. The Bertz CT molecular complexity index is 665. The van der Waals surface area contributed by atoms with E-state index in [1.807, 2.05) is 43.5 Å². The van der Waals surface area contributed by atoms with Crippen LogP contribution in [0.15, 0.2) is 42.6 Å². The highest BCUT2D eigenvalue weighted by Crippen LogP contribution is 2.17. The van der Waals surface area contributed by atoms with Crippen LogP contribution in [0.3, 0.4) is 0 Å². The minimum absolute atomic E-state index is 0.438. The minimum Gasteiger partial charge on any atom is -0.478 e. The van der Waals surface area contributed by atoms with Crippen LogP contribution in [-0.4, -0.2) is 11.1 Å². The minimum atomic E-state index is -0.834. The lowest BCUT2D eigenvalue weighted by molar-refractivity contribution is -0.603. The molecule has 0 amide bonds. The first kappa shape index (κ1) is 18.2. The lowest BCUT2D eigenvalue weighted by Crippen LogP contribution is -2.36. The number of hydrogen-bond donors (Lipinski definition) is 1. The highest BCUT2D eigenvalue weighted by molar-refractivity contribution is 5.89. The molecule has 0 unspecified atom stereocenters. The topological polar surface area (TPSA) is 41.2 Å². The molecule has 1 heterocycles. The Hall–Kier alpha value is -2.16. The molecule has 0 spiro atoms. The van der Waals surface area contributed by atoms with Crippen LogP contribution < -0.4 is 4.57 Å². The molecular formula is C21H28NO2+. The maximum absolute atomic E-state index is 11.6. The molecular weight excluding hydrogens is 298 g/mol. The summed E-state index contributed by atoms with van der Waals surface area (Å²) in [7, 11) is 0. The van der Waals surface area contributed by atoms with Crippen LogP contribution in [0.25, 0.3) is 5.69 Å². The number of aromatic nitrogens is 1. The summed E-state index contributed by atoms with van der Waals surface area (Å²) >= 11 is 0. The van der Waals surface area contributed by atoms with E-state index in [1.165, 1.54) is 32.1 Å². The van der Waals surface area contributed by atoms with Crippen LogP contribution in [0.1, 0.15) is 67.1 Å². The summed E-state index contributed by atoms with van der Waals surface area (Å²) in [4.78, 5) is 11.6. The van der Waals surface area contributed by atoms with Gasteiger partial charge in [-0.25, -0.2) is 4.79 Å². The van der Waals surface area contributed by atoms with E-state index < -0.39 is 5.97 Å². The Kier molecular flexibility index (Phi) is 6.98. The van der Waals surface area contributed by atoms with Crippen molar-refractivity contribution in [2.75, 3.05) is 0 Å². The Labute approximate surface area is 145 Å². The highest BCUT2D eigenvalue weighted by Gasteiger charge is 2.21. The molecule has 1 aromatic heterocycles. The Morgan fingerprint density at radius 1 is 1.00 bits per heavy atom. The second kappa shape index (κ2) is 9.21. The summed E-state index contributed by atoms with van der Waals surface area (Å²) in [5, 5.41) is 9.51. The average molecular weight is 326 g/mol. The third kappa shape index (κ3) is 4.67. The van der Waals surface area contributed by atoms with Crippen LogP contribution in [0, 0.1) is 6.92 Å². The van der Waals surface area contributed by atoms with Gasteiger partial charge in [0.25, 0.3) is 0 Å². The van der Waals surface area contributed by atoms with Crippen molar-refractivity contribution in [3.63, 3.8) is 0 Å². The van der Waals surface area contributed by atoms with Crippen LogP contribution in [0.2, 0.25) is 0 Å². The Balaban J connectivity index is 2.19. The van der Waals surface area contributed by atoms with Crippen molar-refractivity contribution in [3.05, 3.63) is 59.4 Å². The standard InChI is InChI=1S/C21H27NO2/c1-3-4-5-6-7-11-14-19-17(2)22(16-15-20(19)21(23)24)18-12-9-8-10-13-18/h8-10,12-13,15-16H,3-7,11,14H2,1-2H3/p+1. The van der Waals surface area contributed by atoms with E-state index in [4.69, 9.17) is 0 Å². The van der Waals surface area contributed by atoms with E-state index >= 15 is 0 Å². The van der Waals surface area contributed by atoms with Crippen molar-refractivity contribution >= 4 is 5.97 Å². The molecule has 128 valence electrons. The van der Waals surface area contributed by atoms with Crippen molar-refractivity contribution in [3.8, 4) is 5.69 Å². The second-order valence-electron chi connectivity index (χ2n) is 6.32. The lowest BCUT2D eigenvalue weighted by atomic mass is 9.99. The fraction of sp³-hybridized carbons (Fsp3) is 0.429. The molecule has 0 aliphatic carbocycles. The molecule has 2 rings (SSSR count). The number of para-hydroxylation sites is 1. The largest absolute Gasteiger partial charge is 0.478 e. The first-order chi connectivity index (χ1) is 11.6. The number of pyridine rings is 1. The number of unbranched alkanes of at least 4 members (excludes halogenated alkanes) is 5. The maximum Gasteiger partial charge on any atom is 0.336 e. The van der Waals surface area contributed by atoms with E-state index in [0.29, 0.717) is 5.56 Å². The molecule has 0 saturated carbocycles. The molecule has 3 nitrogen and oxygen atoms in total. The van der Waals surface area contributed by atoms with Gasteiger partial charge in [-0.2, -0.15) is 4.57 Å².